The zero-order valence-electron chi connectivity index (χ0n) is 21.1. The first-order chi connectivity index (χ1) is 19.3. The molecule has 0 aliphatic heterocycles. The summed E-state index contributed by atoms with van der Waals surface area (Å²) in [6.07, 6.45) is 1.35. The van der Waals surface area contributed by atoms with Crippen LogP contribution >= 0.6 is 0 Å². The summed E-state index contributed by atoms with van der Waals surface area (Å²) >= 11 is 0. The second-order valence-corrected chi connectivity index (χ2v) is 8.19. The van der Waals surface area contributed by atoms with Gasteiger partial charge >= 0.3 is 5.97 Å². The molecular weight excluding hydrogens is 516 g/mol. The molecule has 40 heavy (non-hydrogen) atoms. The van der Waals surface area contributed by atoms with E-state index in [2.05, 4.69) is 15.8 Å². The topological polar surface area (TPSA) is 149 Å². The van der Waals surface area contributed by atoms with Crippen LogP contribution in [-0.4, -0.2) is 36.0 Å². The van der Waals surface area contributed by atoms with Crippen LogP contribution in [0.4, 0.5) is 11.4 Å². The molecule has 2 N–H and O–H groups in total. The number of hydrogen-bond donors (Lipinski definition) is 2. The molecule has 0 spiro atoms. The number of nitro benzene ring substituents is 1. The van der Waals surface area contributed by atoms with Gasteiger partial charge < -0.3 is 14.8 Å². The van der Waals surface area contributed by atoms with Crippen LogP contribution in [0, 0.1) is 10.1 Å². The van der Waals surface area contributed by atoms with E-state index in [1.807, 2.05) is 0 Å². The van der Waals surface area contributed by atoms with Crippen molar-refractivity contribution in [1.29, 1.82) is 0 Å². The van der Waals surface area contributed by atoms with Crippen molar-refractivity contribution < 1.29 is 28.8 Å². The zero-order chi connectivity index (χ0) is 28.5. The zero-order valence-corrected chi connectivity index (χ0v) is 21.1. The number of amides is 2. The van der Waals surface area contributed by atoms with E-state index in [0.29, 0.717) is 22.6 Å². The number of carbonyl (C=O) groups excluding carboxylic acids is 3. The molecule has 0 radical (unpaired) electrons. The molecular formula is C29H22N4O7. The van der Waals surface area contributed by atoms with Gasteiger partial charge in [-0.1, -0.05) is 12.1 Å². The Balaban J connectivity index is 1.34. The van der Waals surface area contributed by atoms with Gasteiger partial charge in [-0.2, -0.15) is 5.10 Å². The minimum atomic E-state index is -0.562. The van der Waals surface area contributed by atoms with Gasteiger partial charge in [0.25, 0.3) is 17.5 Å². The third-order valence-electron chi connectivity index (χ3n) is 5.56. The van der Waals surface area contributed by atoms with Crippen LogP contribution in [0.25, 0.3) is 0 Å². The van der Waals surface area contributed by atoms with Crippen LogP contribution in [-0.2, 0) is 0 Å². The van der Waals surface area contributed by atoms with Crippen molar-refractivity contribution in [2.24, 2.45) is 5.10 Å². The van der Waals surface area contributed by atoms with Crippen LogP contribution in [0.2, 0.25) is 0 Å². The number of hydrazone groups is 1. The monoisotopic (exact) mass is 538 g/mol. The highest BCUT2D eigenvalue weighted by molar-refractivity contribution is 6.04. The van der Waals surface area contributed by atoms with Crippen LogP contribution in [0.3, 0.4) is 0 Å². The number of nitrogens with one attached hydrogen (secondary N) is 2. The fraction of sp³-hybridized carbons (Fsp3) is 0.0345. The lowest BCUT2D eigenvalue weighted by Gasteiger charge is -2.08. The van der Waals surface area contributed by atoms with Gasteiger partial charge in [0.2, 0.25) is 0 Å². The van der Waals surface area contributed by atoms with Crippen molar-refractivity contribution in [3.8, 4) is 11.5 Å². The largest absolute Gasteiger partial charge is 0.497 e. The smallest absolute Gasteiger partial charge is 0.343 e. The summed E-state index contributed by atoms with van der Waals surface area (Å²) in [6.45, 7) is 0. The van der Waals surface area contributed by atoms with Crippen molar-refractivity contribution in [2.75, 3.05) is 12.4 Å². The number of methoxy groups -OCH3 is 1. The number of non-ortho nitro benzene ring substituents is 1. The number of esters is 1. The second-order valence-electron chi connectivity index (χ2n) is 8.19. The molecule has 0 saturated carbocycles. The lowest BCUT2D eigenvalue weighted by Crippen LogP contribution is -2.18. The number of hydrogen-bond acceptors (Lipinski definition) is 8. The number of rotatable bonds is 9. The molecule has 4 aromatic rings. The summed E-state index contributed by atoms with van der Waals surface area (Å²) in [5, 5.41) is 17.4. The third-order valence-corrected chi connectivity index (χ3v) is 5.56. The van der Waals surface area contributed by atoms with E-state index in [1.54, 1.807) is 48.5 Å². The van der Waals surface area contributed by atoms with E-state index in [1.165, 1.54) is 61.9 Å². The summed E-state index contributed by atoms with van der Waals surface area (Å²) in [6, 6.07) is 24.5. The molecule has 0 aliphatic carbocycles. The van der Waals surface area contributed by atoms with E-state index in [9.17, 15) is 24.5 Å². The van der Waals surface area contributed by atoms with E-state index >= 15 is 0 Å². The SMILES string of the molecule is COc1ccc(C(=O)Oc2ccccc2/C=N\NC(=O)c2ccc(NC(=O)c3ccc([N+](=O)[O-])cc3)cc2)cc1. The Bertz CT molecular complexity index is 1570. The van der Waals surface area contributed by atoms with Crippen molar-refractivity contribution in [2.45, 2.75) is 0 Å². The number of ether oxygens (including phenoxy) is 2. The van der Waals surface area contributed by atoms with E-state index in [4.69, 9.17) is 9.47 Å². The first-order valence-electron chi connectivity index (χ1n) is 11.8. The molecule has 0 unspecified atom stereocenters. The van der Waals surface area contributed by atoms with Gasteiger partial charge in [-0.15, -0.1) is 0 Å². The fourth-order valence-electron chi connectivity index (χ4n) is 3.43. The highest BCUT2D eigenvalue weighted by Crippen LogP contribution is 2.19. The molecule has 200 valence electrons. The standard InChI is InChI=1S/C29H22N4O7/c1-39-25-16-10-21(11-17-25)29(36)40-26-5-3-2-4-22(26)18-30-32-28(35)20-6-12-23(13-7-20)31-27(34)19-8-14-24(15-9-19)33(37)38/h2-18H,1H3,(H,31,34)(H,32,35)/b30-18-. The maximum Gasteiger partial charge on any atom is 0.343 e. The van der Waals surface area contributed by atoms with Crippen LogP contribution in [0.5, 0.6) is 11.5 Å². The first kappa shape index (κ1) is 27.2. The van der Waals surface area contributed by atoms with Gasteiger partial charge in [0.15, 0.2) is 0 Å². The van der Waals surface area contributed by atoms with E-state index < -0.39 is 22.7 Å². The van der Waals surface area contributed by atoms with E-state index in [-0.39, 0.29) is 22.6 Å². The Morgan fingerprint density at radius 1 is 0.800 bits per heavy atom. The number of nitrogens with zero attached hydrogens (tertiary/aromatic N) is 2. The summed E-state index contributed by atoms with van der Waals surface area (Å²) in [4.78, 5) is 47.6. The highest BCUT2D eigenvalue weighted by Gasteiger charge is 2.12. The van der Waals surface area contributed by atoms with Crippen molar-refractivity contribution >= 4 is 35.4 Å². The van der Waals surface area contributed by atoms with Crippen molar-refractivity contribution in [3.63, 3.8) is 0 Å². The average Bonchev–Trinajstić information content (AvgIpc) is 2.98. The highest BCUT2D eigenvalue weighted by atomic mass is 16.6. The van der Waals surface area contributed by atoms with Gasteiger partial charge in [-0.3, -0.25) is 19.7 Å². The van der Waals surface area contributed by atoms with Crippen molar-refractivity contribution in [1.82, 2.24) is 5.43 Å². The van der Waals surface area contributed by atoms with Crippen LogP contribution in [0.1, 0.15) is 36.6 Å². The van der Waals surface area contributed by atoms with Crippen molar-refractivity contribution in [3.05, 3.63) is 129 Å². The maximum atomic E-state index is 12.5. The molecule has 11 heteroatoms. The predicted molar refractivity (Wildman–Crippen MR) is 147 cm³/mol. The van der Waals surface area contributed by atoms with Gasteiger partial charge in [-0.05, 0) is 72.8 Å². The summed E-state index contributed by atoms with van der Waals surface area (Å²) in [7, 11) is 1.53. The maximum absolute atomic E-state index is 12.5. The van der Waals surface area contributed by atoms with Gasteiger partial charge in [0.1, 0.15) is 11.5 Å². The number of nitro groups is 1. The third kappa shape index (κ3) is 6.92. The van der Waals surface area contributed by atoms with Gasteiger partial charge in [-0.25, -0.2) is 10.2 Å². The number of benzene rings is 4. The fourth-order valence-corrected chi connectivity index (χ4v) is 3.43. The van der Waals surface area contributed by atoms with Gasteiger partial charge in [0.05, 0.1) is 23.8 Å². The lowest BCUT2D eigenvalue weighted by molar-refractivity contribution is -0.384. The Morgan fingerprint density at radius 2 is 1.40 bits per heavy atom. The predicted octanol–water partition coefficient (Wildman–Crippen LogP) is 4.84. The average molecular weight is 539 g/mol. The molecule has 0 fully saturated rings. The molecule has 0 aliphatic rings. The molecule has 0 atom stereocenters. The molecule has 0 aromatic heterocycles. The van der Waals surface area contributed by atoms with Gasteiger partial charge in [0, 0.05) is 34.5 Å². The van der Waals surface area contributed by atoms with Crippen LogP contribution < -0.4 is 20.2 Å². The summed E-state index contributed by atoms with van der Waals surface area (Å²) < 4.78 is 10.6. The quantitative estimate of drug-likeness (QED) is 0.102. The summed E-state index contributed by atoms with van der Waals surface area (Å²) in [5.74, 6) is -0.649. The Labute approximate surface area is 228 Å². The van der Waals surface area contributed by atoms with E-state index in [0.717, 1.165) is 0 Å². The number of anilines is 1. The minimum Gasteiger partial charge on any atom is -0.497 e. The molecule has 4 rings (SSSR count). The molecule has 2 amide bonds. The number of para-hydroxylation sites is 1. The number of carbonyl (C=O) groups is 3. The molecule has 0 bridgehead atoms. The molecule has 4 aromatic carbocycles. The van der Waals surface area contributed by atoms with Crippen LogP contribution in [0.15, 0.2) is 102 Å². The molecule has 11 nitrogen and oxygen atoms in total. The minimum absolute atomic E-state index is 0.118. The normalized spacial score (nSPS) is 10.5. The second kappa shape index (κ2) is 12.6. The Hall–Kier alpha value is -5.84. The Morgan fingerprint density at radius 3 is 2.05 bits per heavy atom. The summed E-state index contributed by atoms with van der Waals surface area (Å²) in [5.41, 5.74) is 4.05. The lowest BCUT2D eigenvalue weighted by atomic mass is 10.1. The molecule has 0 saturated heterocycles. The Kier molecular flexibility index (Phi) is 8.57. The molecule has 0 heterocycles. The first-order valence-corrected chi connectivity index (χ1v) is 11.8.